The predicted molar refractivity (Wildman–Crippen MR) is 264 cm³/mol. The van der Waals surface area contributed by atoms with E-state index in [0.717, 1.165) is 47.6 Å². The highest BCUT2D eigenvalue weighted by molar-refractivity contribution is 9.10. The maximum Gasteiger partial charge on any atom is 0.497 e. The second-order valence-corrected chi connectivity index (χ2v) is 19.7. The van der Waals surface area contributed by atoms with E-state index in [1.807, 2.05) is 81.6 Å². The number of hydrogen-bond acceptors (Lipinski definition) is 12. The van der Waals surface area contributed by atoms with Crippen molar-refractivity contribution < 1.29 is 47.4 Å². The van der Waals surface area contributed by atoms with Crippen LogP contribution in [0.1, 0.15) is 49.9 Å². The van der Waals surface area contributed by atoms with Crippen LogP contribution in [0.15, 0.2) is 102 Å². The molecular formula is C50H54BBrF2N8O8. The Hall–Kier alpha value is -6.32. The highest BCUT2D eigenvalue weighted by Crippen LogP contribution is 2.38. The Bertz CT molecular complexity index is 2920. The van der Waals surface area contributed by atoms with Gasteiger partial charge < -0.3 is 38.8 Å². The van der Waals surface area contributed by atoms with E-state index in [2.05, 4.69) is 60.2 Å². The molecule has 1 unspecified atom stereocenters. The summed E-state index contributed by atoms with van der Waals surface area (Å²) in [5.41, 5.74) is 6.40. The number of carbonyl (C=O) groups is 2. The van der Waals surface area contributed by atoms with Gasteiger partial charge >= 0.3 is 19.3 Å². The number of cyclic esters (lactones) is 2. The van der Waals surface area contributed by atoms with Crippen LogP contribution >= 0.6 is 15.9 Å². The van der Waals surface area contributed by atoms with Gasteiger partial charge in [-0.2, -0.15) is 10.2 Å². The number of halogens is 3. The van der Waals surface area contributed by atoms with E-state index < -0.39 is 54.3 Å². The molecule has 70 heavy (non-hydrogen) atoms. The highest BCUT2D eigenvalue weighted by atomic mass is 79.9. The first-order valence-electron chi connectivity index (χ1n) is 22.9. The van der Waals surface area contributed by atoms with Crippen LogP contribution < -0.4 is 25.1 Å². The number of fused-ring (bicyclic) bond motifs is 2. The van der Waals surface area contributed by atoms with Crippen molar-refractivity contribution in [2.45, 2.75) is 77.3 Å². The highest BCUT2D eigenvalue weighted by Gasteiger charge is 2.52. The molecule has 0 spiro atoms. The smallest absolute Gasteiger partial charge is 0.441 e. The zero-order chi connectivity index (χ0) is 49.6. The molecule has 7 heterocycles. The fourth-order valence-electron chi connectivity index (χ4n) is 9.01. The summed E-state index contributed by atoms with van der Waals surface area (Å²) in [6, 6.07) is 25.7. The molecule has 2 N–H and O–H groups in total. The number of hydrogen-bond donors (Lipinski definition) is 2. The van der Waals surface area contributed by atoms with Gasteiger partial charge in [-0.05, 0) is 104 Å². The second-order valence-electron chi connectivity index (χ2n) is 18.8. The van der Waals surface area contributed by atoms with Crippen molar-refractivity contribution in [2.24, 2.45) is 14.1 Å². The molecule has 2 amide bonds. The summed E-state index contributed by atoms with van der Waals surface area (Å²) in [6.07, 6.45) is 1.27. The third-order valence-electron chi connectivity index (χ3n) is 13.6. The lowest BCUT2D eigenvalue weighted by Gasteiger charge is -2.32. The third kappa shape index (κ3) is 9.74. The molecular weight excluding hydrogens is 969 g/mol. The van der Waals surface area contributed by atoms with Gasteiger partial charge in [0.2, 0.25) is 0 Å². The predicted octanol–water partition coefficient (Wildman–Crippen LogP) is 7.21. The van der Waals surface area contributed by atoms with Gasteiger partial charge in [0.1, 0.15) is 35.5 Å². The number of aromatic nitrogens is 4. The third-order valence-corrected chi connectivity index (χ3v) is 14.1. The van der Waals surface area contributed by atoms with Crippen molar-refractivity contribution in [1.29, 1.82) is 0 Å². The monoisotopic (exact) mass is 1020 g/mol. The zero-order valence-corrected chi connectivity index (χ0v) is 41.3. The molecule has 0 aliphatic carbocycles. The standard InChI is InChI=1S/C22H21FN4O3.C16H21BFNO5.C12H12BrN3/c1-25-21(6-7-24-25)26-10-15-3-2-14(8-16(15)11-26)19-5-4-17(9-20(19)23)27-12-18(13-28)30-22(27)29;1-15(2)16(3,4)24-17(23-15)12-6-5-10(7-13(12)18)19-8-11(9-20)22-14(19)21;1-15-12(4-5-14-15)16-7-9-2-3-11(13)6-10(9)8-16/h2-9,18,28H,10-13H2,1H3;5-7,11,20H,8-9H2,1-4H3;2-6H,7-8H2,1H3/t18-;;/m1../s1. The van der Waals surface area contributed by atoms with E-state index in [9.17, 15) is 23.5 Å². The molecule has 2 atom stereocenters. The molecule has 11 rings (SSSR count). The normalized spacial score (nSPS) is 19.7. The Labute approximate surface area is 413 Å². The maximum absolute atomic E-state index is 14.9. The van der Waals surface area contributed by atoms with Crippen LogP contribution in [0.4, 0.5) is 41.4 Å². The van der Waals surface area contributed by atoms with E-state index in [1.54, 1.807) is 30.5 Å². The molecule has 0 saturated carbocycles. The topological polar surface area (TPSA) is 160 Å². The van der Waals surface area contributed by atoms with Crippen LogP contribution in [0, 0.1) is 11.6 Å². The number of anilines is 4. The van der Waals surface area contributed by atoms with Gasteiger partial charge in [-0.3, -0.25) is 19.2 Å². The molecule has 366 valence electrons. The minimum Gasteiger partial charge on any atom is -0.441 e. The van der Waals surface area contributed by atoms with E-state index in [1.165, 1.54) is 44.4 Å². The van der Waals surface area contributed by atoms with Crippen molar-refractivity contribution in [1.82, 2.24) is 19.6 Å². The van der Waals surface area contributed by atoms with Crippen LogP contribution in [0.3, 0.4) is 0 Å². The van der Waals surface area contributed by atoms with Gasteiger partial charge in [0.05, 0.1) is 61.3 Å². The molecule has 5 aliphatic rings. The molecule has 20 heteroatoms. The number of rotatable bonds is 8. The first-order chi connectivity index (χ1) is 33.4. The van der Waals surface area contributed by atoms with Gasteiger partial charge in [-0.15, -0.1) is 0 Å². The van der Waals surface area contributed by atoms with Crippen molar-refractivity contribution in [3.05, 3.63) is 136 Å². The largest absolute Gasteiger partial charge is 0.497 e. The summed E-state index contributed by atoms with van der Waals surface area (Å²) in [4.78, 5) is 30.9. The fraction of sp³-hybridized carbons (Fsp3) is 0.360. The van der Waals surface area contributed by atoms with E-state index >= 15 is 0 Å². The van der Waals surface area contributed by atoms with Gasteiger partial charge in [0.15, 0.2) is 0 Å². The summed E-state index contributed by atoms with van der Waals surface area (Å²) in [5, 5.41) is 26.7. The summed E-state index contributed by atoms with van der Waals surface area (Å²) in [6.45, 7) is 10.9. The molecule has 16 nitrogen and oxygen atoms in total. The molecule has 5 aliphatic heterocycles. The average molecular weight is 1020 g/mol. The average Bonchev–Trinajstić information content (AvgIpc) is 4.20. The Morgan fingerprint density at radius 1 is 0.643 bits per heavy atom. The zero-order valence-electron chi connectivity index (χ0n) is 39.7. The van der Waals surface area contributed by atoms with Gasteiger partial charge in [0.25, 0.3) is 0 Å². The van der Waals surface area contributed by atoms with Crippen molar-refractivity contribution in [3.8, 4) is 11.1 Å². The second kappa shape index (κ2) is 19.5. The molecule has 6 aromatic rings. The van der Waals surface area contributed by atoms with E-state index in [0.29, 0.717) is 16.9 Å². The fourth-order valence-corrected chi connectivity index (χ4v) is 9.42. The van der Waals surface area contributed by atoms with Crippen LogP contribution in [0.25, 0.3) is 11.1 Å². The van der Waals surface area contributed by atoms with Crippen LogP contribution in [0.5, 0.6) is 0 Å². The van der Waals surface area contributed by atoms with Crippen molar-refractivity contribution in [2.75, 3.05) is 45.9 Å². The number of nitrogens with zero attached hydrogens (tertiary/aromatic N) is 8. The summed E-state index contributed by atoms with van der Waals surface area (Å²) in [7, 11) is 3.09. The van der Waals surface area contributed by atoms with Gasteiger partial charge in [0, 0.05) is 67.9 Å². The number of carbonyl (C=O) groups excluding carboxylic acids is 2. The van der Waals surface area contributed by atoms with Crippen LogP contribution in [-0.2, 0) is 59.1 Å². The minimum atomic E-state index is -0.806. The molecule has 2 aromatic heterocycles. The van der Waals surface area contributed by atoms with Crippen molar-refractivity contribution in [3.63, 3.8) is 0 Å². The Balaban J connectivity index is 0.000000136. The van der Waals surface area contributed by atoms with Crippen LogP contribution in [-0.4, -0.2) is 98.8 Å². The molecule has 0 radical (unpaired) electrons. The quantitative estimate of drug-likeness (QED) is 0.148. The SMILES string of the molecule is CC1(C)OB(c2ccc(N3CC(CO)OC3=O)cc2F)OC1(C)C.Cn1nccc1N1Cc2ccc(-c3ccc(N4C[C@H](CO)OC4=O)cc3F)cc2C1.Cn1nccc1N1Cc2ccc(Br)cc2C1. The minimum absolute atomic E-state index is 0.185. The number of amides is 2. The summed E-state index contributed by atoms with van der Waals surface area (Å²) >= 11 is 3.51. The summed E-state index contributed by atoms with van der Waals surface area (Å²) in [5.74, 6) is 1.29. The molecule has 0 bridgehead atoms. The number of benzene rings is 4. The van der Waals surface area contributed by atoms with Gasteiger partial charge in [-0.25, -0.2) is 18.4 Å². The Morgan fingerprint density at radius 3 is 1.60 bits per heavy atom. The Morgan fingerprint density at radius 2 is 1.13 bits per heavy atom. The first-order valence-corrected chi connectivity index (χ1v) is 23.7. The number of aryl methyl sites for hydroxylation is 2. The molecule has 4 aromatic carbocycles. The molecule has 3 saturated heterocycles. The lowest BCUT2D eigenvalue weighted by molar-refractivity contribution is 0.00578. The first kappa shape index (κ1) is 48.7. The number of ether oxygens (including phenoxy) is 2. The van der Waals surface area contributed by atoms with Crippen molar-refractivity contribution >= 4 is 63.7 Å². The maximum atomic E-state index is 14.9. The van der Waals surface area contributed by atoms with Gasteiger partial charge in [-0.1, -0.05) is 40.2 Å². The number of aliphatic hydroxyl groups is 2. The van der Waals surface area contributed by atoms with E-state index in [4.69, 9.17) is 23.9 Å². The Kier molecular flexibility index (Phi) is 13.5. The van der Waals surface area contributed by atoms with E-state index in [-0.39, 0.29) is 31.8 Å². The summed E-state index contributed by atoms with van der Waals surface area (Å²) < 4.78 is 56.1. The van der Waals surface area contributed by atoms with Crippen LogP contribution in [0.2, 0.25) is 0 Å². The number of aliphatic hydroxyl groups excluding tert-OH is 2. The lowest BCUT2D eigenvalue weighted by Crippen LogP contribution is -2.41. The lowest BCUT2D eigenvalue weighted by atomic mass is 9.78. The molecule has 3 fully saturated rings.